The molecule has 1 aromatic heterocycles. The average Bonchev–Trinajstić information content (AvgIpc) is 3.49. The van der Waals surface area contributed by atoms with Crippen LogP contribution in [0.2, 0.25) is 0 Å². The van der Waals surface area contributed by atoms with Crippen molar-refractivity contribution in [3.8, 4) is 0 Å². The summed E-state index contributed by atoms with van der Waals surface area (Å²) in [6.45, 7) is 0. The first-order valence-corrected chi connectivity index (χ1v) is 8.74. The lowest BCUT2D eigenvalue weighted by atomic mass is 10.0. The van der Waals surface area contributed by atoms with E-state index in [1.54, 1.807) is 18.3 Å². The van der Waals surface area contributed by atoms with Gasteiger partial charge >= 0.3 is 0 Å². The molecule has 4 heteroatoms. The largest absolute Gasteiger partial charge is 0.343 e. The van der Waals surface area contributed by atoms with Gasteiger partial charge in [-0.15, -0.1) is 0 Å². The molecule has 3 nitrogen and oxygen atoms in total. The van der Waals surface area contributed by atoms with Crippen molar-refractivity contribution in [3.63, 3.8) is 0 Å². The van der Waals surface area contributed by atoms with Crippen LogP contribution in [-0.4, -0.2) is 10.9 Å². The maximum Gasteiger partial charge on any atom is 0.224 e. The third-order valence-corrected chi connectivity index (χ3v) is 4.83. The van der Waals surface area contributed by atoms with Crippen LogP contribution in [0.1, 0.15) is 35.2 Å². The fourth-order valence-corrected chi connectivity index (χ4v) is 3.33. The van der Waals surface area contributed by atoms with Gasteiger partial charge in [0.1, 0.15) is 5.82 Å². The molecule has 1 aliphatic carbocycles. The topological polar surface area (TPSA) is 42.0 Å². The normalized spacial score (nSPS) is 19.6. The second-order valence-corrected chi connectivity index (χ2v) is 6.61. The number of carbonyl (C=O) groups is 1. The summed E-state index contributed by atoms with van der Waals surface area (Å²) < 4.78 is 13.1. The Morgan fingerprint density at radius 1 is 1.00 bits per heavy atom. The van der Waals surface area contributed by atoms with Crippen LogP contribution in [0, 0.1) is 11.7 Å². The van der Waals surface area contributed by atoms with Gasteiger partial charge in [0.25, 0.3) is 0 Å². The van der Waals surface area contributed by atoms with Crippen LogP contribution in [0.3, 0.4) is 0 Å². The average molecular weight is 346 g/mol. The number of rotatable bonds is 5. The molecule has 0 saturated heterocycles. The Labute approximate surface area is 151 Å². The van der Waals surface area contributed by atoms with Crippen LogP contribution >= 0.6 is 0 Å². The van der Waals surface area contributed by atoms with Gasteiger partial charge in [-0.3, -0.25) is 9.78 Å². The van der Waals surface area contributed by atoms with E-state index in [1.165, 1.54) is 12.1 Å². The highest BCUT2D eigenvalue weighted by Crippen LogP contribution is 2.47. The molecule has 1 amide bonds. The zero-order chi connectivity index (χ0) is 17.9. The molecular weight excluding hydrogens is 327 g/mol. The van der Waals surface area contributed by atoms with Gasteiger partial charge in [-0.2, -0.15) is 0 Å². The van der Waals surface area contributed by atoms with E-state index in [0.29, 0.717) is 0 Å². The number of hydrogen-bond donors (Lipinski definition) is 1. The maximum atomic E-state index is 13.1. The first kappa shape index (κ1) is 16.5. The summed E-state index contributed by atoms with van der Waals surface area (Å²) >= 11 is 0. The summed E-state index contributed by atoms with van der Waals surface area (Å²) in [4.78, 5) is 17.2. The van der Waals surface area contributed by atoms with Gasteiger partial charge in [0, 0.05) is 12.1 Å². The lowest BCUT2D eigenvalue weighted by Crippen LogP contribution is -2.31. The van der Waals surface area contributed by atoms with E-state index in [2.05, 4.69) is 10.3 Å². The lowest BCUT2D eigenvalue weighted by Gasteiger charge is -2.19. The minimum Gasteiger partial charge on any atom is -0.343 e. The Kier molecular flexibility index (Phi) is 4.48. The molecule has 3 unspecified atom stereocenters. The number of amides is 1. The molecule has 1 aliphatic rings. The summed E-state index contributed by atoms with van der Waals surface area (Å²) in [6.07, 6.45) is 2.52. The van der Waals surface area contributed by atoms with Crippen molar-refractivity contribution < 1.29 is 9.18 Å². The predicted molar refractivity (Wildman–Crippen MR) is 97.9 cm³/mol. The molecule has 0 bridgehead atoms. The number of hydrogen-bond acceptors (Lipinski definition) is 2. The van der Waals surface area contributed by atoms with Gasteiger partial charge < -0.3 is 5.32 Å². The van der Waals surface area contributed by atoms with Gasteiger partial charge in [0.2, 0.25) is 5.91 Å². The van der Waals surface area contributed by atoms with Crippen molar-refractivity contribution >= 4 is 5.91 Å². The monoisotopic (exact) mass is 346 g/mol. The van der Waals surface area contributed by atoms with Crippen LogP contribution < -0.4 is 5.32 Å². The number of benzene rings is 2. The molecule has 3 atom stereocenters. The lowest BCUT2D eigenvalue weighted by molar-refractivity contribution is -0.122. The van der Waals surface area contributed by atoms with Crippen LogP contribution in [0.4, 0.5) is 4.39 Å². The van der Waals surface area contributed by atoms with E-state index in [0.717, 1.165) is 23.2 Å². The Morgan fingerprint density at radius 3 is 2.42 bits per heavy atom. The van der Waals surface area contributed by atoms with E-state index in [1.807, 2.05) is 48.5 Å². The SMILES string of the molecule is O=C(NC(c1ccccc1)c1ccccn1)C1CC1c1ccc(F)cc1. The fraction of sp³-hybridized carbons (Fsp3) is 0.182. The van der Waals surface area contributed by atoms with Gasteiger partial charge in [0.15, 0.2) is 0 Å². The van der Waals surface area contributed by atoms with Gasteiger partial charge in [-0.25, -0.2) is 4.39 Å². The molecule has 1 saturated carbocycles. The molecular formula is C22H19FN2O. The van der Waals surface area contributed by atoms with E-state index in [-0.39, 0.29) is 29.6 Å². The van der Waals surface area contributed by atoms with Gasteiger partial charge in [-0.1, -0.05) is 48.5 Å². The number of halogens is 1. The number of carbonyl (C=O) groups excluding carboxylic acids is 1. The van der Waals surface area contributed by atoms with Crippen molar-refractivity contribution in [2.24, 2.45) is 5.92 Å². The number of nitrogens with zero attached hydrogens (tertiary/aromatic N) is 1. The van der Waals surface area contributed by atoms with Gasteiger partial charge in [-0.05, 0) is 47.7 Å². The minimum absolute atomic E-state index is 0.0128. The molecule has 1 N–H and O–H groups in total. The molecule has 4 rings (SSSR count). The zero-order valence-electron chi connectivity index (χ0n) is 14.2. The quantitative estimate of drug-likeness (QED) is 0.751. The highest BCUT2D eigenvalue weighted by Gasteiger charge is 2.44. The zero-order valence-corrected chi connectivity index (χ0v) is 14.2. The van der Waals surface area contributed by atoms with Gasteiger partial charge in [0.05, 0.1) is 11.7 Å². The van der Waals surface area contributed by atoms with Crippen molar-refractivity contribution in [1.82, 2.24) is 10.3 Å². The Bertz CT molecular complexity index is 842. The first-order valence-electron chi connectivity index (χ1n) is 8.74. The smallest absolute Gasteiger partial charge is 0.224 e. The van der Waals surface area contributed by atoms with E-state index in [9.17, 15) is 9.18 Å². The summed E-state index contributed by atoms with van der Waals surface area (Å²) in [7, 11) is 0. The minimum atomic E-state index is -0.278. The summed E-state index contributed by atoms with van der Waals surface area (Å²) in [5.74, 6) is -0.153. The molecule has 130 valence electrons. The maximum absolute atomic E-state index is 13.1. The summed E-state index contributed by atoms with van der Waals surface area (Å²) in [5, 5.41) is 3.15. The molecule has 0 radical (unpaired) electrons. The van der Waals surface area contributed by atoms with Crippen LogP contribution in [0.5, 0.6) is 0 Å². The molecule has 1 heterocycles. The summed E-state index contributed by atoms with van der Waals surface area (Å²) in [6, 6.07) is 21.7. The Morgan fingerprint density at radius 2 is 1.73 bits per heavy atom. The molecule has 0 spiro atoms. The van der Waals surface area contributed by atoms with E-state index >= 15 is 0 Å². The van der Waals surface area contributed by atoms with E-state index < -0.39 is 0 Å². The molecule has 1 fully saturated rings. The Hall–Kier alpha value is -3.01. The van der Waals surface area contributed by atoms with Crippen LogP contribution in [0.25, 0.3) is 0 Å². The highest BCUT2D eigenvalue weighted by molar-refractivity contribution is 5.83. The van der Waals surface area contributed by atoms with Crippen molar-refractivity contribution in [2.45, 2.75) is 18.4 Å². The molecule has 26 heavy (non-hydrogen) atoms. The van der Waals surface area contributed by atoms with Crippen LogP contribution in [-0.2, 0) is 4.79 Å². The van der Waals surface area contributed by atoms with Crippen molar-refractivity contribution in [3.05, 3.63) is 102 Å². The predicted octanol–water partition coefficient (Wildman–Crippen LogP) is 4.23. The standard InChI is InChI=1S/C22H19FN2O/c23-17-11-9-15(10-12-17)18-14-19(18)22(26)25-21(16-6-2-1-3-7-16)20-8-4-5-13-24-20/h1-13,18-19,21H,14H2,(H,25,26). The first-order chi connectivity index (χ1) is 12.7. The second-order valence-electron chi connectivity index (χ2n) is 6.61. The van der Waals surface area contributed by atoms with Crippen LogP contribution in [0.15, 0.2) is 79.0 Å². The van der Waals surface area contributed by atoms with Crippen molar-refractivity contribution in [1.29, 1.82) is 0 Å². The third kappa shape index (κ3) is 3.49. The van der Waals surface area contributed by atoms with Crippen molar-refractivity contribution in [2.75, 3.05) is 0 Å². The van der Waals surface area contributed by atoms with E-state index in [4.69, 9.17) is 0 Å². The molecule has 0 aliphatic heterocycles. The molecule has 3 aromatic rings. The Balaban J connectivity index is 1.51. The number of nitrogens with one attached hydrogen (secondary N) is 1. The highest BCUT2D eigenvalue weighted by atomic mass is 19.1. The number of pyridine rings is 1. The third-order valence-electron chi connectivity index (χ3n) is 4.83. The second kappa shape index (κ2) is 7.08. The molecule has 2 aromatic carbocycles. The fourth-order valence-electron chi connectivity index (χ4n) is 3.33. The number of aromatic nitrogens is 1. The summed E-state index contributed by atoms with van der Waals surface area (Å²) in [5.41, 5.74) is 2.82.